The van der Waals surface area contributed by atoms with Crippen molar-refractivity contribution < 1.29 is 9.32 Å². The third-order valence-corrected chi connectivity index (χ3v) is 6.99. The van der Waals surface area contributed by atoms with Gasteiger partial charge in [0.2, 0.25) is 0 Å². The van der Waals surface area contributed by atoms with Crippen molar-refractivity contribution in [1.29, 1.82) is 0 Å². The number of para-hydroxylation sites is 1. The van der Waals surface area contributed by atoms with Crippen LogP contribution >= 0.6 is 0 Å². The Morgan fingerprint density at radius 1 is 1.03 bits per heavy atom. The highest BCUT2D eigenvalue weighted by Gasteiger charge is 2.33. The number of aromatic nitrogens is 3. The van der Waals surface area contributed by atoms with Crippen LogP contribution in [0.4, 0.5) is 0 Å². The van der Waals surface area contributed by atoms with Crippen LogP contribution in [0.3, 0.4) is 0 Å². The van der Waals surface area contributed by atoms with Gasteiger partial charge in [0.25, 0.3) is 5.91 Å². The second-order valence-electron chi connectivity index (χ2n) is 8.90. The molecule has 30 heavy (non-hydrogen) atoms. The first-order valence-electron chi connectivity index (χ1n) is 11.2. The largest absolute Gasteiger partial charge is 0.356 e. The second-order valence-corrected chi connectivity index (χ2v) is 8.90. The van der Waals surface area contributed by atoms with Crippen LogP contribution in [0.5, 0.6) is 0 Å². The van der Waals surface area contributed by atoms with E-state index in [1.165, 1.54) is 12.8 Å². The average Bonchev–Trinajstić information content (AvgIpc) is 3.38. The van der Waals surface area contributed by atoms with Crippen LogP contribution < -0.4 is 0 Å². The van der Waals surface area contributed by atoms with Crippen LogP contribution in [0, 0.1) is 0 Å². The molecular weight excluding hydrogens is 378 g/mol. The Bertz CT molecular complexity index is 1070. The summed E-state index contributed by atoms with van der Waals surface area (Å²) in [6, 6.07) is 8.66. The Balaban J connectivity index is 1.05. The van der Waals surface area contributed by atoms with Crippen molar-refractivity contribution in [2.45, 2.75) is 44.1 Å². The van der Waals surface area contributed by atoms with E-state index in [0.717, 1.165) is 79.9 Å². The third kappa shape index (κ3) is 3.12. The molecule has 2 fully saturated rings. The SMILES string of the molecule is O=C1c2cnn(C3CC3)c2CCN1CCN1CCC(c2noc3ccccc23)CC1. The van der Waals surface area contributed by atoms with Crippen LogP contribution in [0.1, 0.15) is 59.4 Å². The Morgan fingerprint density at radius 3 is 2.70 bits per heavy atom. The van der Waals surface area contributed by atoms with Gasteiger partial charge >= 0.3 is 0 Å². The summed E-state index contributed by atoms with van der Waals surface area (Å²) in [5.41, 5.74) is 3.96. The minimum Gasteiger partial charge on any atom is -0.356 e. The highest BCUT2D eigenvalue weighted by Crippen LogP contribution is 2.37. The fourth-order valence-electron chi connectivity index (χ4n) is 5.07. The number of benzene rings is 1. The van der Waals surface area contributed by atoms with Crippen molar-refractivity contribution in [1.82, 2.24) is 24.7 Å². The Labute approximate surface area is 175 Å². The summed E-state index contributed by atoms with van der Waals surface area (Å²) in [4.78, 5) is 17.4. The number of hydrogen-bond acceptors (Lipinski definition) is 5. The van der Waals surface area contributed by atoms with Gasteiger partial charge in [-0.1, -0.05) is 17.3 Å². The van der Waals surface area contributed by atoms with Gasteiger partial charge in [0.05, 0.1) is 29.2 Å². The number of carbonyl (C=O) groups is 1. The zero-order chi connectivity index (χ0) is 20.1. The molecular formula is C23H27N5O2. The van der Waals surface area contributed by atoms with Crippen molar-refractivity contribution >= 4 is 16.9 Å². The molecule has 6 rings (SSSR count). The lowest BCUT2D eigenvalue weighted by Gasteiger charge is -2.34. The van der Waals surface area contributed by atoms with Gasteiger partial charge in [0.1, 0.15) is 0 Å². The zero-order valence-corrected chi connectivity index (χ0v) is 17.2. The number of amides is 1. The first kappa shape index (κ1) is 18.1. The molecule has 0 unspecified atom stereocenters. The lowest BCUT2D eigenvalue weighted by Crippen LogP contribution is -2.44. The maximum absolute atomic E-state index is 12.9. The summed E-state index contributed by atoms with van der Waals surface area (Å²) >= 11 is 0. The number of likely N-dealkylation sites (tertiary alicyclic amines) is 1. The molecule has 0 bridgehead atoms. The fourth-order valence-corrected chi connectivity index (χ4v) is 5.07. The molecule has 0 N–H and O–H groups in total. The monoisotopic (exact) mass is 405 g/mol. The average molecular weight is 406 g/mol. The van der Waals surface area contributed by atoms with E-state index in [0.29, 0.717) is 12.0 Å². The van der Waals surface area contributed by atoms with Gasteiger partial charge in [0.15, 0.2) is 5.58 Å². The van der Waals surface area contributed by atoms with E-state index in [-0.39, 0.29) is 5.91 Å². The van der Waals surface area contributed by atoms with Gasteiger partial charge in [0, 0.05) is 37.4 Å². The van der Waals surface area contributed by atoms with E-state index < -0.39 is 0 Å². The van der Waals surface area contributed by atoms with Crippen LogP contribution in [0.2, 0.25) is 0 Å². The normalized spacial score (nSPS) is 20.8. The van der Waals surface area contributed by atoms with Crippen molar-refractivity contribution in [3.8, 4) is 0 Å². The van der Waals surface area contributed by atoms with Crippen LogP contribution in [-0.4, -0.2) is 63.4 Å². The summed E-state index contributed by atoms with van der Waals surface area (Å²) < 4.78 is 7.60. The van der Waals surface area contributed by atoms with Gasteiger partial charge in [-0.15, -0.1) is 0 Å². The Kier molecular flexibility index (Phi) is 4.37. The summed E-state index contributed by atoms with van der Waals surface area (Å²) in [5, 5.41) is 10.0. The molecule has 3 aliphatic rings. The van der Waals surface area contributed by atoms with E-state index in [2.05, 4.69) is 25.9 Å². The molecule has 1 saturated heterocycles. The molecule has 4 heterocycles. The smallest absolute Gasteiger partial charge is 0.257 e. The molecule has 3 aromatic rings. The quantitative estimate of drug-likeness (QED) is 0.652. The Morgan fingerprint density at radius 2 is 1.87 bits per heavy atom. The summed E-state index contributed by atoms with van der Waals surface area (Å²) in [6.07, 6.45) is 7.29. The molecule has 1 amide bonds. The minimum atomic E-state index is 0.159. The predicted molar refractivity (Wildman–Crippen MR) is 113 cm³/mol. The van der Waals surface area contributed by atoms with Crippen molar-refractivity contribution in [3.05, 3.63) is 47.4 Å². The summed E-state index contributed by atoms with van der Waals surface area (Å²) in [7, 11) is 0. The highest BCUT2D eigenvalue weighted by molar-refractivity contribution is 5.96. The lowest BCUT2D eigenvalue weighted by atomic mass is 9.91. The van der Waals surface area contributed by atoms with Crippen LogP contribution in [0.25, 0.3) is 11.0 Å². The van der Waals surface area contributed by atoms with Crippen LogP contribution in [0.15, 0.2) is 35.0 Å². The number of piperidine rings is 1. The second kappa shape index (κ2) is 7.23. The maximum Gasteiger partial charge on any atom is 0.257 e. The highest BCUT2D eigenvalue weighted by atomic mass is 16.5. The molecule has 2 aromatic heterocycles. The lowest BCUT2D eigenvalue weighted by molar-refractivity contribution is 0.0708. The molecule has 7 heteroatoms. The van der Waals surface area contributed by atoms with Gasteiger partial charge < -0.3 is 14.3 Å². The van der Waals surface area contributed by atoms with Gasteiger partial charge in [-0.25, -0.2) is 0 Å². The minimum absolute atomic E-state index is 0.159. The summed E-state index contributed by atoms with van der Waals surface area (Å²) in [5.74, 6) is 0.615. The molecule has 0 radical (unpaired) electrons. The fraction of sp³-hybridized carbons (Fsp3) is 0.522. The van der Waals surface area contributed by atoms with Crippen LogP contribution in [-0.2, 0) is 6.42 Å². The maximum atomic E-state index is 12.9. The molecule has 0 spiro atoms. The van der Waals surface area contributed by atoms with Gasteiger partial charge in [-0.05, 0) is 50.9 Å². The molecule has 156 valence electrons. The molecule has 1 aromatic carbocycles. The zero-order valence-electron chi connectivity index (χ0n) is 17.2. The molecule has 1 aliphatic carbocycles. The van der Waals surface area contributed by atoms with E-state index in [9.17, 15) is 4.79 Å². The first-order valence-corrected chi connectivity index (χ1v) is 11.2. The Hall–Kier alpha value is -2.67. The number of hydrogen-bond donors (Lipinski definition) is 0. The molecule has 7 nitrogen and oxygen atoms in total. The summed E-state index contributed by atoms with van der Waals surface area (Å²) in [6.45, 7) is 4.62. The standard InChI is InChI=1S/C23H27N5O2/c29-23-19-15-24-28(17-5-6-17)20(19)9-12-27(23)14-13-26-10-7-16(8-11-26)22-18-3-1-2-4-21(18)30-25-22/h1-4,15-17H,5-14H2. The number of carbonyl (C=O) groups excluding carboxylic acids is 1. The number of rotatable bonds is 5. The van der Waals surface area contributed by atoms with E-state index >= 15 is 0 Å². The van der Waals surface area contributed by atoms with Crippen molar-refractivity contribution in [2.24, 2.45) is 0 Å². The number of fused-ring (bicyclic) bond motifs is 2. The molecule has 1 saturated carbocycles. The predicted octanol–water partition coefficient (Wildman–Crippen LogP) is 3.24. The molecule has 2 aliphatic heterocycles. The molecule has 0 atom stereocenters. The van der Waals surface area contributed by atoms with Crippen molar-refractivity contribution in [3.63, 3.8) is 0 Å². The van der Waals surface area contributed by atoms with E-state index in [1.54, 1.807) is 6.20 Å². The van der Waals surface area contributed by atoms with Crippen molar-refractivity contribution in [2.75, 3.05) is 32.7 Å². The third-order valence-electron chi connectivity index (χ3n) is 6.99. The van der Waals surface area contributed by atoms with Gasteiger partial charge in [-0.2, -0.15) is 5.10 Å². The van der Waals surface area contributed by atoms with E-state index in [1.807, 2.05) is 23.1 Å². The topological polar surface area (TPSA) is 67.4 Å². The van der Waals surface area contributed by atoms with E-state index in [4.69, 9.17) is 4.52 Å². The van der Waals surface area contributed by atoms with Gasteiger partial charge in [-0.3, -0.25) is 9.48 Å². The first-order chi connectivity index (χ1) is 14.8. The number of nitrogens with zero attached hydrogens (tertiary/aromatic N) is 5.